The molecular weight excluding hydrogens is 404 g/mol. The van der Waals surface area contributed by atoms with Crippen LogP contribution in [0.3, 0.4) is 0 Å². The minimum absolute atomic E-state index is 0.295. The topological polar surface area (TPSA) is 108 Å². The zero-order valence-corrected chi connectivity index (χ0v) is 18.2. The van der Waals surface area contributed by atoms with Crippen molar-refractivity contribution in [3.63, 3.8) is 0 Å². The number of hydrogen-bond donors (Lipinski definition) is 2. The van der Waals surface area contributed by atoms with Crippen LogP contribution in [0.2, 0.25) is 0 Å². The monoisotopic (exact) mass is 430 g/mol. The second-order valence-electron chi connectivity index (χ2n) is 7.64. The fraction of sp³-hybridized carbons (Fsp3) is 0.409. The van der Waals surface area contributed by atoms with Gasteiger partial charge in [0.2, 0.25) is 0 Å². The molecule has 0 unspecified atom stereocenters. The summed E-state index contributed by atoms with van der Waals surface area (Å²) >= 11 is 1.37. The van der Waals surface area contributed by atoms with Crippen molar-refractivity contribution in [3.8, 4) is 5.75 Å². The molecule has 1 heterocycles. The zero-order valence-electron chi connectivity index (χ0n) is 17.4. The number of anilines is 1. The van der Waals surface area contributed by atoms with Gasteiger partial charge in [-0.1, -0.05) is 25.1 Å². The molecule has 7 nitrogen and oxygen atoms in total. The number of carbonyl (C=O) groups is 3. The second-order valence-corrected chi connectivity index (χ2v) is 8.74. The van der Waals surface area contributed by atoms with Crippen LogP contribution in [0.1, 0.15) is 45.3 Å². The fourth-order valence-electron chi connectivity index (χ4n) is 3.61. The molecule has 1 atom stereocenters. The number of rotatable bonds is 7. The molecule has 0 radical (unpaired) electrons. The van der Waals surface area contributed by atoms with Crippen molar-refractivity contribution in [2.24, 2.45) is 11.7 Å². The summed E-state index contributed by atoms with van der Waals surface area (Å²) in [7, 11) is 0. The maximum absolute atomic E-state index is 12.3. The van der Waals surface area contributed by atoms with E-state index in [0.717, 1.165) is 40.8 Å². The number of amides is 2. The molecule has 0 fully saturated rings. The lowest BCUT2D eigenvalue weighted by Crippen LogP contribution is -2.25. The van der Waals surface area contributed by atoms with Crippen molar-refractivity contribution in [2.75, 3.05) is 18.5 Å². The number of thiophene rings is 1. The molecule has 1 aromatic carbocycles. The number of benzene rings is 1. The third-order valence-electron chi connectivity index (χ3n) is 5.12. The normalized spacial score (nSPS) is 15.2. The van der Waals surface area contributed by atoms with Crippen LogP contribution in [0.5, 0.6) is 5.75 Å². The lowest BCUT2D eigenvalue weighted by atomic mass is 9.88. The molecule has 1 aliphatic carbocycles. The molecule has 0 bridgehead atoms. The number of hydrogen-bond acceptors (Lipinski definition) is 6. The Balaban J connectivity index is 1.56. The molecule has 30 heavy (non-hydrogen) atoms. The predicted molar refractivity (Wildman–Crippen MR) is 115 cm³/mol. The Morgan fingerprint density at radius 3 is 2.57 bits per heavy atom. The predicted octanol–water partition coefficient (Wildman–Crippen LogP) is 3.15. The lowest BCUT2D eigenvalue weighted by Gasteiger charge is -2.18. The standard InChI is InChI=1S/C22H26N2O5S/c1-12-7-8-15-16(9-12)30-22(19(15)21(23)27)24-17(25)10-28-18(26)11-29-20-13(2)5-4-6-14(20)3/h4-6,12H,7-11H2,1-3H3,(H2,23,27)(H,24,25)/t12-/m1/s1. The Labute approximate surface area is 179 Å². The van der Waals surface area contributed by atoms with Gasteiger partial charge in [-0.05, 0) is 55.7 Å². The van der Waals surface area contributed by atoms with E-state index in [-0.39, 0.29) is 6.61 Å². The summed E-state index contributed by atoms with van der Waals surface area (Å²) in [6, 6.07) is 5.68. The van der Waals surface area contributed by atoms with Crippen LogP contribution in [0.4, 0.5) is 5.00 Å². The molecule has 0 aliphatic heterocycles. The molecule has 0 saturated carbocycles. The van der Waals surface area contributed by atoms with E-state index in [9.17, 15) is 14.4 Å². The number of nitrogens with one attached hydrogen (secondary N) is 1. The molecular formula is C22H26N2O5S. The molecule has 1 aromatic heterocycles. The van der Waals surface area contributed by atoms with Crippen molar-refractivity contribution in [1.82, 2.24) is 0 Å². The van der Waals surface area contributed by atoms with Crippen molar-refractivity contribution in [1.29, 1.82) is 0 Å². The van der Waals surface area contributed by atoms with E-state index in [1.807, 2.05) is 32.0 Å². The molecule has 8 heteroatoms. The van der Waals surface area contributed by atoms with Gasteiger partial charge in [0.05, 0.1) is 5.56 Å². The van der Waals surface area contributed by atoms with Gasteiger partial charge in [-0.15, -0.1) is 11.3 Å². The summed E-state index contributed by atoms with van der Waals surface area (Å²) in [5.74, 6) is -0.579. The molecule has 3 rings (SSSR count). The minimum Gasteiger partial charge on any atom is -0.481 e. The number of ether oxygens (including phenoxy) is 2. The number of nitrogens with two attached hydrogens (primary N) is 1. The highest BCUT2D eigenvalue weighted by Gasteiger charge is 2.27. The zero-order chi connectivity index (χ0) is 21.8. The first-order valence-corrected chi connectivity index (χ1v) is 10.7. The van der Waals surface area contributed by atoms with Gasteiger partial charge in [0.1, 0.15) is 10.8 Å². The van der Waals surface area contributed by atoms with Crippen LogP contribution in [-0.2, 0) is 27.2 Å². The van der Waals surface area contributed by atoms with E-state index in [0.29, 0.717) is 22.2 Å². The quantitative estimate of drug-likeness (QED) is 0.656. The summed E-state index contributed by atoms with van der Waals surface area (Å²) in [6.07, 6.45) is 2.61. The van der Waals surface area contributed by atoms with Gasteiger partial charge in [0.25, 0.3) is 11.8 Å². The van der Waals surface area contributed by atoms with Crippen molar-refractivity contribution >= 4 is 34.1 Å². The number of aryl methyl sites for hydroxylation is 2. The summed E-state index contributed by atoms with van der Waals surface area (Å²) in [6.45, 7) is 5.17. The van der Waals surface area contributed by atoms with Crippen molar-refractivity contribution < 1.29 is 23.9 Å². The SMILES string of the molecule is Cc1cccc(C)c1OCC(=O)OCC(=O)Nc1sc2c(c1C(N)=O)CC[C@@H](C)C2. The van der Waals surface area contributed by atoms with E-state index in [1.54, 1.807) is 0 Å². The average molecular weight is 431 g/mol. The van der Waals surface area contributed by atoms with Gasteiger partial charge in [-0.2, -0.15) is 0 Å². The Morgan fingerprint density at radius 1 is 1.20 bits per heavy atom. The van der Waals surface area contributed by atoms with Gasteiger partial charge in [0.15, 0.2) is 13.2 Å². The van der Waals surface area contributed by atoms with E-state index in [4.69, 9.17) is 15.2 Å². The van der Waals surface area contributed by atoms with E-state index in [1.165, 1.54) is 11.3 Å². The largest absolute Gasteiger partial charge is 0.481 e. The van der Waals surface area contributed by atoms with Crippen LogP contribution < -0.4 is 15.8 Å². The highest BCUT2D eigenvalue weighted by Crippen LogP contribution is 2.39. The van der Waals surface area contributed by atoms with E-state index < -0.39 is 24.4 Å². The highest BCUT2D eigenvalue weighted by molar-refractivity contribution is 7.17. The molecule has 0 spiro atoms. The molecule has 0 saturated heterocycles. The number of carbonyl (C=O) groups excluding carboxylic acids is 3. The number of primary amides is 1. The van der Waals surface area contributed by atoms with Gasteiger partial charge in [-0.3, -0.25) is 9.59 Å². The third-order valence-corrected chi connectivity index (χ3v) is 6.29. The fourth-order valence-corrected chi connectivity index (χ4v) is 5.04. The van der Waals surface area contributed by atoms with E-state index >= 15 is 0 Å². The maximum Gasteiger partial charge on any atom is 0.344 e. The van der Waals surface area contributed by atoms with Crippen LogP contribution in [0.25, 0.3) is 0 Å². The van der Waals surface area contributed by atoms with E-state index in [2.05, 4.69) is 12.2 Å². The number of para-hydroxylation sites is 1. The Hall–Kier alpha value is -2.87. The second kappa shape index (κ2) is 9.30. The maximum atomic E-state index is 12.3. The Kier molecular flexibility index (Phi) is 6.77. The third kappa shape index (κ3) is 4.99. The average Bonchev–Trinajstić information content (AvgIpc) is 3.02. The first kappa shape index (κ1) is 21.8. The van der Waals surface area contributed by atoms with Gasteiger partial charge in [0, 0.05) is 4.88 Å². The number of fused-ring (bicyclic) bond motifs is 1. The van der Waals surface area contributed by atoms with Crippen LogP contribution >= 0.6 is 11.3 Å². The first-order valence-electron chi connectivity index (χ1n) is 9.85. The van der Waals surface area contributed by atoms with Crippen LogP contribution in [0, 0.1) is 19.8 Å². The van der Waals surface area contributed by atoms with Gasteiger partial charge >= 0.3 is 5.97 Å². The van der Waals surface area contributed by atoms with Gasteiger partial charge < -0.3 is 20.5 Å². The first-order chi connectivity index (χ1) is 14.3. The van der Waals surface area contributed by atoms with Gasteiger partial charge in [-0.25, -0.2) is 4.79 Å². The molecule has 2 amide bonds. The summed E-state index contributed by atoms with van der Waals surface area (Å²) < 4.78 is 10.5. The number of esters is 1. The molecule has 2 aromatic rings. The highest BCUT2D eigenvalue weighted by atomic mass is 32.1. The van der Waals surface area contributed by atoms with Crippen molar-refractivity contribution in [3.05, 3.63) is 45.3 Å². The summed E-state index contributed by atoms with van der Waals surface area (Å²) in [4.78, 5) is 37.3. The molecule has 160 valence electrons. The summed E-state index contributed by atoms with van der Waals surface area (Å²) in [5.41, 5.74) is 8.68. The lowest BCUT2D eigenvalue weighted by molar-refractivity contribution is -0.149. The molecule has 1 aliphatic rings. The smallest absolute Gasteiger partial charge is 0.344 e. The minimum atomic E-state index is -0.651. The van der Waals surface area contributed by atoms with Crippen LogP contribution in [0.15, 0.2) is 18.2 Å². The Bertz CT molecular complexity index is 962. The molecule has 3 N–H and O–H groups in total. The van der Waals surface area contributed by atoms with Crippen molar-refractivity contribution in [2.45, 2.75) is 40.0 Å². The Morgan fingerprint density at radius 2 is 1.90 bits per heavy atom. The van der Waals surface area contributed by atoms with Crippen LogP contribution in [-0.4, -0.2) is 31.0 Å². The summed E-state index contributed by atoms with van der Waals surface area (Å²) in [5, 5.41) is 3.10.